The number of carbonyl (C=O) groups is 2. The van der Waals surface area contributed by atoms with Gasteiger partial charge in [0.05, 0.1) is 12.8 Å². The summed E-state index contributed by atoms with van der Waals surface area (Å²) in [7, 11) is 4.07. The first-order valence-corrected chi connectivity index (χ1v) is 6.72. The second kappa shape index (κ2) is 10.8. The van der Waals surface area contributed by atoms with Gasteiger partial charge in [-0.05, 0) is 40.0 Å². The van der Waals surface area contributed by atoms with Crippen molar-refractivity contribution in [3.63, 3.8) is 0 Å². The molecular weight excluding hydrogens is 248 g/mol. The van der Waals surface area contributed by atoms with Crippen LogP contribution in [0.3, 0.4) is 0 Å². The fraction of sp³-hybridized carbons (Fsp3) is 0.846. The Bertz CT molecular complexity index is 251. The molecule has 112 valence electrons. The predicted molar refractivity (Wildman–Crippen MR) is 73.4 cm³/mol. The van der Waals surface area contributed by atoms with Gasteiger partial charge in [0.2, 0.25) is 0 Å². The van der Waals surface area contributed by atoms with Crippen LogP contribution in [-0.2, 0) is 9.59 Å². The SMILES string of the molecule is CN(C)CCCCCN(CCC(=O)O)CCC(=O)O. The van der Waals surface area contributed by atoms with E-state index >= 15 is 0 Å². The molecule has 0 aromatic heterocycles. The van der Waals surface area contributed by atoms with Crippen molar-refractivity contribution < 1.29 is 19.8 Å². The quantitative estimate of drug-likeness (QED) is 0.516. The normalized spacial score (nSPS) is 11.2. The number of unbranched alkanes of at least 4 members (excludes halogenated alkanes) is 2. The summed E-state index contributed by atoms with van der Waals surface area (Å²) in [6, 6.07) is 0. The first kappa shape index (κ1) is 17.9. The van der Waals surface area contributed by atoms with E-state index in [0.29, 0.717) is 13.1 Å². The van der Waals surface area contributed by atoms with Gasteiger partial charge in [-0.1, -0.05) is 6.42 Å². The van der Waals surface area contributed by atoms with Crippen molar-refractivity contribution in [2.75, 3.05) is 40.3 Å². The van der Waals surface area contributed by atoms with Crippen LogP contribution in [0.5, 0.6) is 0 Å². The van der Waals surface area contributed by atoms with E-state index in [1.54, 1.807) is 0 Å². The van der Waals surface area contributed by atoms with E-state index < -0.39 is 11.9 Å². The Balaban J connectivity index is 3.83. The predicted octanol–water partition coefficient (Wildman–Crippen LogP) is 0.970. The van der Waals surface area contributed by atoms with Crippen molar-refractivity contribution in [1.29, 1.82) is 0 Å². The van der Waals surface area contributed by atoms with Crippen LogP contribution in [0.15, 0.2) is 0 Å². The Morgan fingerprint density at radius 2 is 1.26 bits per heavy atom. The summed E-state index contributed by atoms with van der Waals surface area (Å²) in [6.45, 7) is 2.67. The molecule has 0 radical (unpaired) electrons. The van der Waals surface area contributed by atoms with Gasteiger partial charge in [0.15, 0.2) is 0 Å². The highest BCUT2D eigenvalue weighted by Crippen LogP contribution is 2.02. The molecule has 0 amide bonds. The molecule has 0 aliphatic carbocycles. The largest absolute Gasteiger partial charge is 0.481 e. The molecule has 0 aliphatic heterocycles. The summed E-state index contributed by atoms with van der Waals surface area (Å²) in [4.78, 5) is 25.1. The van der Waals surface area contributed by atoms with Crippen LogP contribution in [0.4, 0.5) is 0 Å². The molecular formula is C13H26N2O4. The van der Waals surface area contributed by atoms with Crippen LogP contribution >= 0.6 is 0 Å². The van der Waals surface area contributed by atoms with Gasteiger partial charge >= 0.3 is 11.9 Å². The monoisotopic (exact) mass is 274 g/mol. The molecule has 0 unspecified atom stereocenters. The molecule has 0 aromatic rings. The van der Waals surface area contributed by atoms with Crippen molar-refractivity contribution in [3.8, 4) is 0 Å². The van der Waals surface area contributed by atoms with Crippen LogP contribution < -0.4 is 0 Å². The Kier molecular flexibility index (Phi) is 10.1. The van der Waals surface area contributed by atoms with E-state index in [4.69, 9.17) is 10.2 Å². The highest BCUT2D eigenvalue weighted by molar-refractivity contribution is 5.67. The van der Waals surface area contributed by atoms with Gasteiger partial charge in [0.25, 0.3) is 0 Å². The second-order valence-electron chi connectivity index (χ2n) is 4.99. The molecule has 6 nitrogen and oxygen atoms in total. The third kappa shape index (κ3) is 13.1. The van der Waals surface area contributed by atoms with E-state index in [2.05, 4.69) is 4.90 Å². The van der Waals surface area contributed by atoms with E-state index in [0.717, 1.165) is 32.4 Å². The average Bonchev–Trinajstić information content (AvgIpc) is 2.30. The molecule has 0 heterocycles. The van der Waals surface area contributed by atoms with Gasteiger partial charge in [-0.2, -0.15) is 0 Å². The number of aliphatic carboxylic acids is 2. The molecule has 0 aliphatic rings. The molecule has 0 aromatic carbocycles. The van der Waals surface area contributed by atoms with Gasteiger partial charge in [-0.15, -0.1) is 0 Å². The lowest BCUT2D eigenvalue weighted by Gasteiger charge is -2.20. The topological polar surface area (TPSA) is 81.1 Å². The molecule has 0 spiro atoms. The molecule has 0 bridgehead atoms. The Labute approximate surface area is 115 Å². The molecule has 2 N–H and O–H groups in total. The maximum atomic E-state index is 10.5. The second-order valence-corrected chi connectivity index (χ2v) is 4.99. The first-order valence-electron chi connectivity index (χ1n) is 6.72. The maximum Gasteiger partial charge on any atom is 0.304 e. The Morgan fingerprint density at radius 3 is 1.68 bits per heavy atom. The number of hydrogen-bond acceptors (Lipinski definition) is 4. The average molecular weight is 274 g/mol. The molecule has 0 rings (SSSR count). The van der Waals surface area contributed by atoms with Crippen LogP contribution in [0.1, 0.15) is 32.1 Å². The van der Waals surface area contributed by atoms with Gasteiger partial charge in [-0.3, -0.25) is 9.59 Å². The zero-order valence-corrected chi connectivity index (χ0v) is 12.0. The number of rotatable bonds is 12. The van der Waals surface area contributed by atoms with E-state index in [1.807, 2.05) is 19.0 Å². The third-order valence-corrected chi connectivity index (χ3v) is 2.86. The summed E-state index contributed by atoms with van der Waals surface area (Å²) < 4.78 is 0. The lowest BCUT2D eigenvalue weighted by Crippen LogP contribution is -2.30. The van der Waals surface area contributed by atoms with Gasteiger partial charge in [0.1, 0.15) is 0 Å². The van der Waals surface area contributed by atoms with Crippen molar-refractivity contribution in [2.45, 2.75) is 32.1 Å². The molecule has 0 saturated carbocycles. The van der Waals surface area contributed by atoms with Crippen LogP contribution in [0.2, 0.25) is 0 Å². The van der Waals surface area contributed by atoms with E-state index in [9.17, 15) is 9.59 Å². The van der Waals surface area contributed by atoms with Crippen molar-refractivity contribution in [3.05, 3.63) is 0 Å². The third-order valence-electron chi connectivity index (χ3n) is 2.86. The fourth-order valence-electron chi connectivity index (χ4n) is 1.78. The lowest BCUT2D eigenvalue weighted by atomic mass is 10.2. The minimum atomic E-state index is -0.840. The molecule has 19 heavy (non-hydrogen) atoms. The minimum absolute atomic E-state index is 0.0668. The number of carboxylic acids is 2. The zero-order chi connectivity index (χ0) is 14.7. The number of carboxylic acid groups (broad SMARTS) is 2. The van der Waals surface area contributed by atoms with Crippen molar-refractivity contribution >= 4 is 11.9 Å². The summed E-state index contributed by atoms with van der Waals surface area (Å²) in [5, 5.41) is 17.3. The molecule has 6 heteroatoms. The molecule has 0 atom stereocenters. The maximum absolute atomic E-state index is 10.5. The zero-order valence-electron chi connectivity index (χ0n) is 12.0. The Hall–Kier alpha value is -1.14. The Morgan fingerprint density at radius 1 is 0.789 bits per heavy atom. The molecule has 0 saturated heterocycles. The highest BCUT2D eigenvalue weighted by Gasteiger charge is 2.09. The van der Waals surface area contributed by atoms with E-state index in [-0.39, 0.29) is 12.8 Å². The van der Waals surface area contributed by atoms with Crippen LogP contribution in [-0.4, -0.2) is 72.2 Å². The first-order chi connectivity index (χ1) is 8.91. The smallest absolute Gasteiger partial charge is 0.304 e. The summed E-state index contributed by atoms with van der Waals surface area (Å²) >= 11 is 0. The van der Waals surface area contributed by atoms with Crippen molar-refractivity contribution in [1.82, 2.24) is 9.80 Å². The van der Waals surface area contributed by atoms with Gasteiger partial charge in [0, 0.05) is 13.1 Å². The van der Waals surface area contributed by atoms with E-state index in [1.165, 1.54) is 0 Å². The number of nitrogens with zero attached hydrogens (tertiary/aromatic N) is 2. The highest BCUT2D eigenvalue weighted by atomic mass is 16.4. The van der Waals surface area contributed by atoms with Gasteiger partial charge < -0.3 is 20.0 Å². The fourth-order valence-corrected chi connectivity index (χ4v) is 1.78. The minimum Gasteiger partial charge on any atom is -0.481 e. The lowest BCUT2D eigenvalue weighted by molar-refractivity contribution is -0.137. The van der Waals surface area contributed by atoms with Crippen molar-refractivity contribution in [2.24, 2.45) is 0 Å². The standard InChI is InChI=1S/C13H26N2O4/c1-14(2)8-4-3-5-9-15(10-6-12(16)17)11-7-13(18)19/h3-11H2,1-2H3,(H,16,17)(H,18,19). The number of hydrogen-bond donors (Lipinski definition) is 2. The van der Waals surface area contributed by atoms with Gasteiger partial charge in [-0.25, -0.2) is 0 Å². The summed E-state index contributed by atoms with van der Waals surface area (Å²) in [5.74, 6) is -1.68. The van der Waals surface area contributed by atoms with Crippen LogP contribution in [0.25, 0.3) is 0 Å². The summed E-state index contributed by atoms with van der Waals surface area (Å²) in [6.07, 6.45) is 3.30. The summed E-state index contributed by atoms with van der Waals surface area (Å²) in [5.41, 5.74) is 0. The molecule has 0 fully saturated rings. The van der Waals surface area contributed by atoms with Crippen LogP contribution in [0, 0.1) is 0 Å².